The molecule has 0 heterocycles. The molecular weight excluding hydrogens is 312 g/mol. The van der Waals surface area contributed by atoms with Crippen LogP contribution in [0.2, 0.25) is 0 Å². The fourth-order valence-corrected chi connectivity index (χ4v) is 2.21. The minimum Gasteiger partial charge on any atom is -0.282 e. The van der Waals surface area contributed by atoms with Gasteiger partial charge in [0.05, 0.1) is 4.90 Å². The SMILES string of the molecule is C=CCC(F)(c1ccc(S(=O)(=O)O)cc1)C(F)(F)C(=C)F. The normalized spacial score (nSPS) is 15.3. The van der Waals surface area contributed by atoms with Gasteiger partial charge in [0.2, 0.25) is 5.67 Å². The molecule has 1 atom stereocenters. The number of alkyl halides is 3. The zero-order valence-corrected chi connectivity index (χ0v) is 11.5. The van der Waals surface area contributed by atoms with Crippen LogP contribution in [0.15, 0.2) is 54.2 Å². The van der Waals surface area contributed by atoms with Crippen LogP contribution in [-0.2, 0) is 15.8 Å². The molecule has 0 aliphatic carbocycles. The highest BCUT2D eigenvalue weighted by atomic mass is 32.2. The number of allylic oxidation sites excluding steroid dienone is 2. The first-order valence-electron chi connectivity index (χ1n) is 5.57. The highest BCUT2D eigenvalue weighted by Gasteiger charge is 2.57. The molecule has 8 heteroatoms. The van der Waals surface area contributed by atoms with Crippen molar-refractivity contribution in [1.82, 2.24) is 0 Å². The van der Waals surface area contributed by atoms with Crippen molar-refractivity contribution in [3.8, 4) is 0 Å². The summed E-state index contributed by atoms with van der Waals surface area (Å²) in [7, 11) is -4.55. The van der Waals surface area contributed by atoms with Gasteiger partial charge in [-0.1, -0.05) is 24.8 Å². The van der Waals surface area contributed by atoms with Gasteiger partial charge in [0.15, 0.2) is 5.83 Å². The van der Waals surface area contributed by atoms with Gasteiger partial charge in [0.25, 0.3) is 10.1 Å². The third-order valence-corrected chi connectivity index (χ3v) is 3.74. The van der Waals surface area contributed by atoms with Crippen LogP contribution in [0.5, 0.6) is 0 Å². The van der Waals surface area contributed by atoms with E-state index in [1.54, 1.807) is 0 Å². The molecule has 3 nitrogen and oxygen atoms in total. The van der Waals surface area contributed by atoms with Crippen molar-refractivity contribution >= 4 is 10.1 Å². The standard InChI is InChI=1S/C13H12F4O3S/c1-3-8-12(15,13(16,17)9(2)14)10-4-6-11(7-5-10)21(18,19)20/h3-7H,1-2,8H2,(H,18,19,20). The molecule has 1 aromatic rings. The molecule has 0 saturated carbocycles. The zero-order valence-electron chi connectivity index (χ0n) is 10.7. The van der Waals surface area contributed by atoms with Crippen molar-refractivity contribution in [2.24, 2.45) is 0 Å². The van der Waals surface area contributed by atoms with E-state index in [1.807, 2.05) is 0 Å². The van der Waals surface area contributed by atoms with Crippen LogP contribution in [0.25, 0.3) is 0 Å². The lowest BCUT2D eigenvalue weighted by Gasteiger charge is -2.32. The Morgan fingerprint density at radius 1 is 1.24 bits per heavy atom. The molecule has 0 radical (unpaired) electrons. The summed E-state index contributed by atoms with van der Waals surface area (Å²) in [6.45, 7) is 5.57. The van der Waals surface area contributed by atoms with E-state index < -0.39 is 44.4 Å². The molecule has 0 amide bonds. The van der Waals surface area contributed by atoms with Gasteiger partial charge in [-0.25, -0.2) is 8.78 Å². The predicted molar refractivity (Wildman–Crippen MR) is 69.1 cm³/mol. The van der Waals surface area contributed by atoms with Gasteiger partial charge in [0, 0.05) is 6.42 Å². The molecule has 116 valence electrons. The number of rotatable bonds is 6. The Morgan fingerprint density at radius 2 is 1.71 bits per heavy atom. The lowest BCUT2D eigenvalue weighted by molar-refractivity contribution is -0.125. The zero-order chi connectivity index (χ0) is 16.5. The average Bonchev–Trinajstić information content (AvgIpc) is 2.37. The molecule has 1 N–H and O–H groups in total. The van der Waals surface area contributed by atoms with E-state index in [-0.39, 0.29) is 0 Å². The van der Waals surface area contributed by atoms with Crippen molar-refractivity contribution in [2.75, 3.05) is 0 Å². The van der Waals surface area contributed by atoms with Crippen LogP contribution < -0.4 is 0 Å². The van der Waals surface area contributed by atoms with Gasteiger partial charge < -0.3 is 0 Å². The molecule has 0 fully saturated rings. The monoisotopic (exact) mass is 324 g/mol. The summed E-state index contributed by atoms with van der Waals surface area (Å²) < 4.78 is 85.5. The second-order valence-electron chi connectivity index (χ2n) is 4.27. The van der Waals surface area contributed by atoms with Crippen molar-refractivity contribution in [2.45, 2.75) is 22.9 Å². The third-order valence-electron chi connectivity index (χ3n) is 2.87. The van der Waals surface area contributed by atoms with E-state index >= 15 is 0 Å². The second kappa shape index (κ2) is 5.61. The van der Waals surface area contributed by atoms with Crippen molar-refractivity contribution in [1.29, 1.82) is 0 Å². The Bertz CT molecular complexity index is 652. The summed E-state index contributed by atoms with van der Waals surface area (Å²) in [4.78, 5) is -0.602. The summed E-state index contributed by atoms with van der Waals surface area (Å²) in [5.74, 6) is -6.69. The Morgan fingerprint density at radius 3 is 2.05 bits per heavy atom. The highest BCUT2D eigenvalue weighted by Crippen LogP contribution is 2.48. The maximum absolute atomic E-state index is 14.6. The van der Waals surface area contributed by atoms with E-state index in [1.165, 1.54) is 0 Å². The molecule has 0 aliphatic rings. The van der Waals surface area contributed by atoms with Gasteiger partial charge in [-0.15, -0.1) is 6.58 Å². The van der Waals surface area contributed by atoms with Crippen molar-refractivity contribution in [3.05, 3.63) is 54.9 Å². The minimum absolute atomic E-state index is 0.602. The Balaban J connectivity index is 3.43. The molecule has 0 spiro atoms. The van der Waals surface area contributed by atoms with Crippen LogP contribution in [-0.4, -0.2) is 18.9 Å². The van der Waals surface area contributed by atoms with E-state index in [4.69, 9.17) is 4.55 Å². The van der Waals surface area contributed by atoms with Crippen LogP contribution in [0.1, 0.15) is 12.0 Å². The van der Waals surface area contributed by atoms with Crippen LogP contribution in [0, 0.1) is 0 Å². The highest BCUT2D eigenvalue weighted by molar-refractivity contribution is 7.85. The third kappa shape index (κ3) is 3.16. The summed E-state index contributed by atoms with van der Waals surface area (Å²) in [6.07, 6.45) is -0.0816. The number of hydrogen-bond acceptors (Lipinski definition) is 2. The molecule has 0 aromatic heterocycles. The van der Waals surface area contributed by atoms with Gasteiger partial charge in [0.1, 0.15) is 0 Å². The number of halogens is 4. The van der Waals surface area contributed by atoms with E-state index in [2.05, 4.69) is 13.2 Å². The molecule has 1 aromatic carbocycles. The summed E-state index contributed by atoms with van der Waals surface area (Å²) in [6, 6.07) is 2.92. The molecule has 0 bridgehead atoms. The fourth-order valence-electron chi connectivity index (χ4n) is 1.73. The Hall–Kier alpha value is -1.67. The van der Waals surface area contributed by atoms with Crippen molar-refractivity contribution in [3.63, 3.8) is 0 Å². The van der Waals surface area contributed by atoms with Gasteiger partial charge in [-0.3, -0.25) is 4.55 Å². The molecular formula is C13H12F4O3S. The second-order valence-corrected chi connectivity index (χ2v) is 5.69. The van der Waals surface area contributed by atoms with E-state index in [9.17, 15) is 26.0 Å². The number of benzene rings is 1. The summed E-state index contributed by atoms with van der Waals surface area (Å²) in [5.41, 5.74) is -4.14. The smallest absolute Gasteiger partial charge is 0.282 e. The lowest BCUT2D eigenvalue weighted by Crippen LogP contribution is -2.42. The van der Waals surface area contributed by atoms with Crippen molar-refractivity contribution < 1.29 is 30.5 Å². The van der Waals surface area contributed by atoms with Gasteiger partial charge in [-0.2, -0.15) is 17.2 Å². The first kappa shape index (κ1) is 17.4. The minimum atomic E-state index is -4.55. The summed E-state index contributed by atoms with van der Waals surface area (Å²) in [5, 5.41) is 0. The Kier molecular flexibility index (Phi) is 4.64. The van der Waals surface area contributed by atoms with E-state index in [0.29, 0.717) is 0 Å². The quantitative estimate of drug-likeness (QED) is 0.492. The maximum atomic E-state index is 14.6. The average molecular weight is 324 g/mol. The first-order chi connectivity index (χ1) is 9.46. The van der Waals surface area contributed by atoms with Crippen LogP contribution >= 0.6 is 0 Å². The molecule has 1 unspecified atom stereocenters. The number of hydrogen-bond donors (Lipinski definition) is 1. The maximum Gasteiger partial charge on any atom is 0.335 e. The molecule has 21 heavy (non-hydrogen) atoms. The fraction of sp³-hybridized carbons (Fsp3) is 0.231. The molecule has 1 rings (SSSR count). The molecule has 0 saturated heterocycles. The van der Waals surface area contributed by atoms with E-state index in [0.717, 1.165) is 30.3 Å². The molecule has 0 aliphatic heterocycles. The van der Waals surface area contributed by atoms with Gasteiger partial charge >= 0.3 is 5.92 Å². The lowest BCUT2D eigenvalue weighted by atomic mass is 9.85. The van der Waals surface area contributed by atoms with Crippen LogP contribution in [0.3, 0.4) is 0 Å². The Labute approximate surface area is 119 Å². The predicted octanol–water partition coefficient (Wildman–Crippen LogP) is 3.79. The first-order valence-corrected chi connectivity index (χ1v) is 7.01. The largest absolute Gasteiger partial charge is 0.335 e. The summed E-state index contributed by atoms with van der Waals surface area (Å²) >= 11 is 0. The topological polar surface area (TPSA) is 54.4 Å². The van der Waals surface area contributed by atoms with Gasteiger partial charge in [-0.05, 0) is 17.7 Å². The van der Waals surface area contributed by atoms with Crippen LogP contribution in [0.4, 0.5) is 17.6 Å².